The van der Waals surface area contributed by atoms with E-state index in [9.17, 15) is 18.0 Å². The number of halogens is 4. The first kappa shape index (κ1) is 30.3. The Morgan fingerprint density at radius 2 is 1.80 bits per heavy atom. The number of nitrogens with zero attached hydrogens (tertiary/aromatic N) is 7. The lowest BCUT2D eigenvalue weighted by Gasteiger charge is -2.22. The van der Waals surface area contributed by atoms with Crippen LogP contribution in [-0.2, 0) is 10.9 Å². The number of amides is 1. The van der Waals surface area contributed by atoms with Gasteiger partial charge in [0.05, 0.1) is 47.7 Å². The van der Waals surface area contributed by atoms with Gasteiger partial charge in [-0.25, -0.2) is 14.6 Å². The lowest BCUT2D eigenvalue weighted by atomic mass is 10.1. The number of alkyl halides is 3. The van der Waals surface area contributed by atoms with E-state index >= 15 is 0 Å². The monoisotopic (exact) mass is 627 g/mol. The van der Waals surface area contributed by atoms with Crippen molar-refractivity contribution >= 4 is 39.8 Å². The molecule has 0 aliphatic rings. The van der Waals surface area contributed by atoms with E-state index < -0.39 is 28.9 Å². The van der Waals surface area contributed by atoms with Crippen molar-refractivity contribution in [3.8, 4) is 17.4 Å². The van der Waals surface area contributed by atoms with Crippen molar-refractivity contribution in [2.45, 2.75) is 32.5 Å². The fourth-order valence-electron chi connectivity index (χ4n) is 4.29. The maximum Gasteiger partial charge on any atom is 0.434 e. The quantitative estimate of drug-likeness (QED) is 0.198. The number of carbonyl (C=O) groups is 1. The van der Waals surface area contributed by atoms with Crippen molar-refractivity contribution in [2.75, 3.05) is 17.7 Å². The minimum Gasteiger partial charge on any atom is -0.481 e. The molecular formula is C28H25ClF3N9O3. The van der Waals surface area contributed by atoms with E-state index in [-0.39, 0.29) is 34.0 Å². The number of ether oxygens (including phenoxy) is 2. The number of hydrogen-bond donors (Lipinski definition) is 2. The predicted molar refractivity (Wildman–Crippen MR) is 156 cm³/mol. The average molecular weight is 628 g/mol. The third-order valence-electron chi connectivity index (χ3n) is 5.91. The van der Waals surface area contributed by atoms with E-state index in [1.54, 1.807) is 12.1 Å². The number of methoxy groups -OCH3 is 1. The molecule has 0 saturated heterocycles. The molecule has 4 heterocycles. The molecule has 12 nitrogen and oxygen atoms in total. The van der Waals surface area contributed by atoms with Gasteiger partial charge in [0.15, 0.2) is 23.2 Å². The Balaban J connectivity index is 1.40. The molecule has 228 valence electrons. The van der Waals surface area contributed by atoms with Gasteiger partial charge in [0, 0.05) is 17.0 Å². The number of carbonyl (C=O) groups excluding carboxylic acids is 1. The first-order chi connectivity index (χ1) is 20.7. The van der Waals surface area contributed by atoms with E-state index in [0.717, 1.165) is 11.0 Å². The Bertz CT molecular complexity index is 1880. The summed E-state index contributed by atoms with van der Waals surface area (Å²) in [7, 11) is 1.40. The zero-order valence-electron chi connectivity index (χ0n) is 23.8. The summed E-state index contributed by atoms with van der Waals surface area (Å²) in [5, 5.41) is 18.4. The highest BCUT2D eigenvalue weighted by atomic mass is 35.5. The first-order valence-electron chi connectivity index (χ1n) is 12.9. The number of nitrogens with one attached hydrogen (secondary N) is 2. The van der Waals surface area contributed by atoms with E-state index in [1.807, 2.05) is 20.8 Å². The topological polar surface area (TPSA) is 134 Å². The molecule has 5 rings (SSSR count). The van der Waals surface area contributed by atoms with Crippen LogP contribution in [0, 0.1) is 0 Å². The Morgan fingerprint density at radius 3 is 2.48 bits per heavy atom. The van der Waals surface area contributed by atoms with Crippen LogP contribution in [0.25, 0.3) is 22.3 Å². The van der Waals surface area contributed by atoms with Crippen molar-refractivity contribution in [3.63, 3.8) is 0 Å². The number of hydrogen-bond acceptors (Lipinski definition) is 9. The van der Waals surface area contributed by atoms with Gasteiger partial charge in [-0.2, -0.15) is 23.4 Å². The maximum atomic E-state index is 14.4. The van der Waals surface area contributed by atoms with Crippen LogP contribution >= 0.6 is 11.6 Å². The summed E-state index contributed by atoms with van der Waals surface area (Å²) < 4.78 is 54.7. The van der Waals surface area contributed by atoms with Crippen molar-refractivity contribution < 1.29 is 27.4 Å². The van der Waals surface area contributed by atoms with Gasteiger partial charge in [0.25, 0.3) is 5.91 Å². The van der Waals surface area contributed by atoms with E-state index in [2.05, 4.69) is 42.5 Å². The third-order valence-corrected chi connectivity index (χ3v) is 6.19. The van der Waals surface area contributed by atoms with E-state index in [4.69, 9.17) is 21.1 Å². The van der Waals surface area contributed by atoms with Gasteiger partial charge in [-0.05, 0) is 51.6 Å². The van der Waals surface area contributed by atoms with Crippen molar-refractivity contribution in [2.24, 2.45) is 0 Å². The molecule has 0 fully saturated rings. The summed E-state index contributed by atoms with van der Waals surface area (Å²) in [6.07, 6.45) is -0.0897. The highest BCUT2D eigenvalue weighted by molar-refractivity contribution is 6.32. The summed E-state index contributed by atoms with van der Waals surface area (Å²) in [5.41, 5.74) is -2.35. The summed E-state index contributed by atoms with van der Waals surface area (Å²) in [6.45, 7) is 9.36. The van der Waals surface area contributed by atoms with Gasteiger partial charge in [-0.1, -0.05) is 17.7 Å². The lowest BCUT2D eigenvalue weighted by Crippen LogP contribution is -2.21. The Labute approximate surface area is 253 Å². The normalized spacial score (nSPS) is 11.8. The second kappa shape index (κ2) is 11.5. The second-order valence-electron chi connectivity index (χ2n) is 10.3. The second-order valence-corrected chi connectivity index (χ2v) is 10.7. The standard InChI is InChI=1S/C28H25ClF3N9O3/c1-15(44-27(2,3)4)37-22-14-36-41(39-22)24-20(29)11-16(12-34-24)38-25(42)19-13-35-40(23(19)28(30,31)32)21-8-6-7-18-17(21)9-10-33-26(18)43-5/h6-14H,1H2,2-5H3,(H,37,39)(H,38,42). The highest BCUT2D eigenvalue weighted by Gasteiger charge is 2.41. The summed E-state index contributed by atoms with van der Waals surface area (Å²) in [6, 6.07) is 7.49. The van der Waals surface area contributed by atoms with Gasteiger partial charge in [0.1, 0.15) is 5.60 Å². The molecule has 0 spiro atoms. The summed E-state index contributed by atoms with van der Waals surface area (Å²) >= 11 is 6.37. The molecular weight excluding hydrogens is 603 g/mol. The van der Waals surface area contributed by atoms with Crippen molar-refractivity contribution in [1.29, 1.82) is 0 Å². The number of pyridine rings is 2. The molecule has 0 aliphatic heterocycles. The first-order valence-corrected chi connectivity index (χ1v) is 13.2. The van der Waals surface area contributed by atoms with Crippen LogP contribution in [0.4, 0.5) is 24.7 Å². The fourth-order valence-corrected chi connectivity index (χ4v) is 4.53. The van der Waals surface area contributed by atoms with Crippen LogP contribution in [0.5, 0.6) is 5.88 Å². The molecule has 16 heteroatoms. The van der Waals surface area contributed by atoms with Crippen molar-refractivity contribution in [3.05, 3.63) is 83.9 Å². The van der Waals surface area contributed by atoms with Gasteiger partial charge in [-0.15, -0.1) is 9.90 Å². The molecule has 0 radical (unpaired) electrons. The minimum absolute atomic E-state index is 0.0137. The third kappa shape index (κ3) is 6.27. The number of rotatable bonds is 8. The van der Waals surface area contributed by atoms with Gasteiger partial charge < -0.3 is 20.1 Å². The molecule has 0 atom stereocenters. The van der Waals surface area contributed by atoms with Crippen LogP contribution in [0.2, 0.25) is 5.02 Å². The Morgan fingerprint density at radius 1 is 1.02 bits per heavy atom. The van der Waals surface area contributed by atoms with Gasteiger partial charge >= 0.3 is 6.18 Å². The van der Waals surface area contributed by atoms with Crippen LogP contribution in [0.3, 0.4) is 0 Å². The highest BCUT2D eigenvalue weighted by Crippen LogP contribution is 2.36. The smallest absolute Gasteiger partial charge is 0.434 e. The predicted octanol–water partition coefficient (Wildman–Crippen LogP) is 6.03. The van der Waals surface area contributed by atoms with Crippen LogP contribution in [0.1, 0.15) is 36.8 Å². The van der Waals surface area contributed by atoms with Crippen LogP contribution in [0.15, 0.2) is 67.6 Å². The number of fused-ring (bicyclic) bond motifs is 1. The van der Waals surface area contributed by atoms with Crippen LogP contribution < -0.4 is 15.4 Å². The molecule has 1 aromatic carbocycles. The van der Waals surface area contributed by atoms with Crippen LogP contribution in [-0.4, -0.2) is 53.4 Å². The summed E-state index contributed by atoms with van der Waals surface area (Å²) in [5.74, 6) is -0.194. The molecule has 2 N–H and O–H groups in total. The fraction of sp³-hybridized carbons (Fsp3) is 0.214. The number of anilines is 2. The molecule has 44 heavy (non-hydrogen) atoms. The lowest BCUT2D eigenvalue weighted by molar-refractivity contribution is -0.143. The maximum absolute atomic E-state index is 14.4. The largest absolute Gasteiger partial charge is 0.481 e. The van der Waals surface area contributed by atoms with E-state index in [0.29, 0.717) is 21.3 Å². The molecule has 0 aliphatic carbocycles. The Hall–Kier alpha value is -5.18. The number of benzene rings is 1. The SMILES string of the molecule is C=C(Nc1cnn(-c2ncc(NC(=O)c3cnn(-c4cccc5c(OC)nccc45)c3C(F)(F)F)cc2Cl)n1)OC(C)(C)C. The van der Waals surface area contributed by atoms with Gasteiger partial charge in [-0.3, -0.25) is 4.79 Å². The molecule has 4 aromatic heterocycles. The molecule has 5 aromatic rings. The molecule has 0 unspecified atom stereocenters. The zero-order chi connectivity index (χ0) is 31.8. The summed E-state index contributed by atoms with van der Waals surface area (Å²) in [4.78, 5) is 22.5. The molecule has 0 bridgehead atoms. The van der Waals surface area contributed by atoms with Gasteiger partial charge in [0.2, 0.25) is 5.88 Å². The average Bonchev–Trinajstić information content (AvgIpc) is 3.59. The zero-order valence-corrected chi connectivity index (χ0v) is 24.5. The number of aromatic nitrogens is 7. The molecule has 1 amide bonds. The minimum atomic E-state index is -4.94. The molecule has 0 saturated carbocycles. The van der Waals surface area contributed by atoms with Crippen molar-refractivity contribution in [1.82, 2.24) is 34.7 Å². The Kier molecular flexibility index (Phi) is 7.90. The van der Waals surface area contributed by atoms with E-state index in [1.165, 1.54) is 43.9 Å².